The van der Waals surface area contributed by atoms with E-state index in [9.17, 15) is 14.9 Å². The smallest absolute Gasteiger partial charge is 0.271 e. The Morgan fingerprint density at radius 2 is 2.10 bits per heavy atom. The number of rotatable bonds is 3. The van der Waals surface area contributed by atoms with Crippen LogP contribution in [0.4, 0.5) is 5.69 Å². The molecule has 0 saturated carbocycles. The highest BCUT2D eigenvalue weighted by Gasteiger charge is 2.21. The van der Waals surface area contributed by atoms with Crippen LogP contribution in [0.1, 0.15) is 29.6 Å². The van der Waals surface area contributed by atoms with Gasteiger partial charge in [-0.25, -0.2) is 0 Å². The van der Waals surface area contributed by atoms with Gasteiger partial charge in [0.2, 0.25) is 0 Å². The van der Waals surface area contributed by atoms with E-state index in [1.54, 1.807) is 0 Å². The van der Waals surface area contributed by atoms with E-state index in [1.807, 2.05) is 6.08 Å². The van der Waals surface area contributed by atoms with Crippen LogP contribution in [0.25, 0.3) is 0 Å². The van der Waals surface area contributed by atoms with Gasteiger partial charge in [0.1, 0.15) is 0 Å². The summed E-state index contributed by atoms with van der Waals surface area (Å²) in [6, 6.07) is 2.29. The number of nitro groups is 1. The summed E-state index contributed by atoms with van der Waals surface area (Å²) in [7, 11) is 0. The first-order chi connectivity index (χ1) is 9.49. The van der Waals surface area contributed by atoms with Crippen LogP contribution in [0.3, 0.4) is 0 Å². The van der Waals surface area contributed by atoms with Crippen molar-refractivity contribution in [3.05, 3.63) is 50.0 Å². The maximum Gasteiger partial charge on any atom is 0.271 e. The number of allylic oxidation sites excluding steroid dienone is 1. The molecule has 1 atom stereocenters. The second-order valence-corrected chi connectivity index (χ2v) is 5.29. The van der Waals surface area contributed by atoms with Gasteiger partial charge in [-0.3, -0.25) is 14.9 Å². The number of nitrogens with zero attached hydrogens (tertiary/aromatic N) is 1. The molecule has 1 amide bonds. The predicted octanol–water partition coefficient (Wildman–Crippen LogP) is 3.74. The molecule has 2 rings (SSSR count). The van der Waals surface area contributed by atoms with Gasteiger partial charge in [-0.05, 0) is 19.3 Å². The summed E-state index contributed by atoms with van der Waals surface area (Å²) < 4.78 is 0. The van der Waals surface area contributed by atoms with Crippen LogP contribution >= 0.6 is 23.2 Å². The van der Waals surface area contributed by atoms with E-state index in [2.05, 4.69) is 11.4 Å². The molecule has 0 radical (unpaired) electrons. The highest BCUT2D eigenvalue weighted by molar-refractivity contribution is 6.44. The zero-order valence-corrected chi connectivity index (χ0v) is 11.9. The summed E-state index contributed by atoms with van der Waals surface area (Å²) in [4.78, 5) is 22.3. The molecule has 1 aliphatic carbocycles. The number of nitrogens with one attached hydrogen (secondary N) is 1. The third-order valence-corrected chi connectivity index (χ3v) is 3.87. The normalized spacial score (nSPS) is 17.8. The van der Waals surface area contributed by atoms with Gasteiger partial charge in [0.05, 0.1) is 20.5 Å². The highest BCUT2D eigenvalue weighted by atomic mass is 35.5. The van der Waals surface area contributed by atoms with Gasteiger partial charge in [-0.2, -0.15) is 0 Å². The van der Waals surface area contributed by atoms with Crippen molar-refractivity contribution in [2.24, 2.45) is 0 Å². The van der Waals surface area contributed by atoms with E-state index in [-0.39, 0.29) is 27.3 Å². The number of carbonyl (C=O) groups is 1. The van der Waals surface area contributed by atoms with Crippen molar-refractivity contribution >= 4 is 34.8 Å². The standard InChI is InChI=1S/C13H12Cl2N2O3/c14-11-7-9(17(19)20)6-10(12(11)15)13(18)16-8-4-2-1-3-5-8/h1-2,6-8H,3-5H2,(H,16,18). The zero-order valence-electron chi connectivity index (χ0n) is 10.4. The first-order valence-electron chi connectivity index (χ1n) is 6.08. The lowest BCUT2D eigenvalue weighted by Crippen LogP contribution is -2.35. The first kappa shape index (κ1) is 14.8. The van der Waals surface area contributed by atoms with Gasteiger partial charge < -0.3 is 5.32 Å². The highest BCUT2D eigenvalue weighted by Crippen LogP contribution is 2.31. The third-order valence-electron chi connectivity index (χ3n) is 3.07. The molecule has 0 heterocycles. The molecular formula is C13H12Cl2N2O3. The summed E-state index contributed by atoms with van der Waals surface area (Å²) in [5.74, 6) is -0.444. The van der Waals surface area contributed by atoms with Gasteiger partial charge in [0, 0.05) is 18.2 Å². The number of nitro benzene ring substituents is 1. The van der Waals surface area contributed by atoms with Gasteiger partial charge in [0.25, 0.3) is 11.6 Å². The third kappa shape index (κ3) is 3.29. The molecule has 0 aromatic heterocycles. The van der Waals surface area contributed by atoms with E-state index < -0.39 is 10.8 Å². The van der Waals surface area contributed by atoms with E-state index in [4.69, 9.17) is 23.2 Å². The Kier molecular flexibility index (Phi) is 4.62. The zero-order chi connectivity index (χ0) is 14.7. The fraction of sp³-hybridized carbons (Fsp3) is 0.308. The summed E-state index contributed by atoms with van der Waals surface area (Å²) in [6.07, 6.45) is 6.53. The van der Waals surface area contributed by atoms with E-state index in [0.29, 0.717) is 0 Å². The summed E-state index contributed by atoms with van der Waals surface area (Å²) in [6.45, 7) is 0. The molecule has 5 nitrogen and oxygen atoms in total. The predicted molar refractivity (Wildman–Crippen MR) is 77.4 cm³/mol. The molecule has 1 N–H and O–H groups in total. The van der Waals surface area contributed by atoms with Gasteiger partial charge in [-0.15, -0.1) is 0 Å². The van der Waals surface area contributed by atoms with Crippen LogP contribution in [0, 0.1) is 10.1 Å². The van der Waals surface area contributed by atoms with Gasteiger partial charge in [-0.1, -0.05) is 35.4 Å². The fourth-order valence-corrected chi connectivity index (χ4v) is 2.44. The lowest BCUT2D eigenvalue weighted by molar-refractivity contribution is -0.384. The van der Waals surface area contributed by atoms with Crippen LogP contribution in [0.5, 0.6) is 0 Å². The monoisotopic (exact) mass is 314 g/mol. The topological polar surface area (TPSA) is 72.2 Å². The van der Waals surface area contributed by atoms with Crippen molar-refractivity contribution in [2.45, 2.75) is 25.3 Å². The maximum atomic E-state index is 12.2. The number of benzene rings is 1. The number of hydrogen-bond acceptors (Lipinski definition) is 3. The first-order valence-corrected chi connectivity index (χ1v) is 6.84. The Morgan fingerprint density at radius 1 is 1.35 bits per heavy atom. The van der Waals surface area contributed by atoms with Crippen molar-refractivity contribution in [1.82, 2.24) is 5.32 Å². The molecule has 106 valence electrons. The molecule has 0 spiro atoms. The molecule has 0 aliphatic heterocycles. The molecule has 0 fully saturated rings. The summed E-state index contributed by atoms with van der Waals surface area (Å²) >= 11 is 11.8. The van der Waals surface area contributed by atoms with Crippen LogP contribution < -0.4 is 5.32 Å². The molecule has 20 heavy (non-hydrogen) atoms. The Labute approximate surface area is 125 Å². The van der Waals surface area contributed by atoms with Gasteiger partial charge in [0.15, 0.2) is 0 Å². The van der Waals surface area contributed by atoms with Crippen LogP contribution in [-0.2, 0) is 0 Å². The lowest BCUT2D eigenvalue weighted by Gasteiger charge is -2.19. The minimum atomic E-state index is -0.609. The second kappa shape index (κ2) is 6.24. The fourth-order valence-electron chi connectivity index (χ4n) is 2.03. The second-order valence-electron chi connectivity index (χ2n) is 4.50. The molecule has 1 unspecified atom stereocenters. The average molecular weight is 315 g/mol. The number of amides is 1. The van der Waals surface area contributed by atoms with Crippen molar-refractivity contribution in [2.75, 3.05) is 0 Å². The summed E-state index contributed by atoms with van der Waals surface area (Å²) in [5.41, 5.74) is -0.228. The lowest BCUT2D eigenvalue weighted by atomic mass is 10.0. The van der Waals surface area contributed by atoms with Gasteiger partial charge >= 0.3 is 0 Å². The van der Waals surface area contributed by atoms with Crippen LogP contribution in [0.2, 0.25) is 10.0 Å². The number of halogens is 2. The largest absolute Gasteiger partial charge is 0.349 e. The van der Waals surface area contributed by atoms with Crippen LogP contribution in [-0.4, -0.2) is 16.9 Å². The SMILES string of the molecule is O=C(NC1CC=CCC1)c1cc([N+](=O)[O-])cc(Cl)c1Cl. The Bertz CT molecular complexity index is 587. The van der Waals surface area contributed by atoms with Crippen molar-refractivity contribution in [3.8, 4) is 0 Å². The maximum absolute atomic E-state index is 12.2. The molecule has 7 heteroatoms. The molecule has 1 aliphatic rings. The number of carbonyl (C=O) groups excluding carboxylic acids is 1. The molecule has 1 aromatic rings. The van der Waals surface area contributed by atoms with E-state index in [1.165, 1.54) is 0 Å². The van der Waals surface area contributed by atoms with Crippen LogP contribution in [0.15, 0.2) is 24.3 Å². The minimum absolute atomic E-state index is 0.00504. The minimum Gasteiger partial charge on any atom is -0.349 e. The molecule has 1 aromatic carbocycles. The molecule has 0 saturated heterocycles. The number of non-ortho nitro benzene ring substituents is 1. The van der Waals surface area contributed by atoms with Crippen molar-refractivity contribution in [3.63, 3.8) is 0 Å². The molecular weight excluding hydrogens is 303 g/mol. The molecule has 0 bridgehead atoms. The Hall–Kier alpha value is -1.59. The number of hydrogen-bond donors (Lipinski definition) is 1. The quantitative estimate of drug-likeness (QED) is 0.524. The summed E-state index contributed by atoms with van der Waals surface area (Å²) in [5, 5.41) is 13.6. The Morgan fingerprint density at radius 3 is 2.70 bits per heavy atom. The van der Waals surface area contributed by atoms with E-state index >= 15 is 0 Å². The Balaban J connectivity index is 2.24. The average Bonchev–Trinajstić information content (AvgIpc) is 2.42. The van der Waals surface area contributed by atoms with E-state index in [0.717, 1.165) is 31.4 Å². The van der Waals surface area contributed by atoms with Crippen molar-refractivity contribution in [1.29, 1.82) is 0 Å². The van der Waals surface area contributed by atoms with Crippen molar-refractivity contribution < 1.29 is 9.72 Å².